The molecule has 2 amide bonds. The number of hydrogen-bond acceptors (Lipinski definition) is 8. The molecule has 10 nitrogen and oxygen atoms in total. The van der Waals surface area contributed by atoms with E-state index in [1.54, 1.807) is 24.3 Å². The smallest absolute Gasteiger partial charge is 0.347 e. The van der Waals surface area contributed by atoms with Crippen molar-refractivity contribution in [3.05, 3.63) is 76.8 Å². The first-order valence-corrected chi connectivity index (χ1v) is 16.6. The summed E-state index contributed by atoms with van der Waals surface area (Å²) < 4.78 is 23.2. The zero-order chi connectivity index (χ0) is 33.7. The van der Waals surface area contributed by atoms with Crippen molar-refractivity contribution >= 4 is 35.4 Å². The largest absolute Gasteiger partial charge is 0.495 e. The van der Waals surface area contributed by atoms with Crippen LogP contribution in [0.25, 0.3) is 0 Å². The molecule has 5 rings (SSSR count). The van der Waals surface area contributed by atoms with Gasteiger partial charge in [-0.05, 0) is 54.5 Å². The number of hydrogen-bond donors (Lipinski definition) is 2. The molecule has 1 spiro atoms. The van der Waals surface area contributed by atoms with Gasteiger partial charge in [-0.25, -0.2) is 4.79 Å². The second kappa shape index (κ2) is 14.9. The van der Waals surface area contributed by atoms with E-state index in [-0.39, 0.29) is 49.9 Å². The van der Waals surface area contributed by atoms with E-state index in [1.807, 2.05) is 51.1 Å². The minimum absolute atomic E-state index is 0.0131. The lowest BCUT2D eigenvalue weighted by molar-refractivity contribution is -0.177. The first-order valence-electron chi connectivity index (χ1n) is 16.2. The van der Waals surface area contributed by atoms with Crippen molar-refractivity contribution in [3.63, 3.8) is 0 Å². The van der Waals surface area contributed by atoms with Gasteiger partial charge < -0.3 is 29.6 Å². The van der Waals surface area contributed by atoms with E-state index in [4.69, 9.17) is 30.5 Å². The van der Waals surface area contributed by atoms with Gasteiger partial charge in [-0.15, -0.1) is 0 Å². The van der Waals surface area contributed by atoms with Crippen LogP contribution in [-0.2, 0) is 39.8 Å². The molecule has 2 aliphatic heterocycles. The molecule has 2 aromatic rings. The van der Waals surface area contributed by atoms with Gasteiger partial charge in [0.1, 0.15) is 24.0 Å². The van der Waals surface area contributed by atoms with E-state index in [9.17, 15) is 19.2 Å². The van der Waals surface area contributed by atoms with Crippen LogP contribution in [0.1, 0.15) is 63.7 Å². The Bertz CT molecular complexity index is 1490. The number of carbonyl (C=O) groups is 4. The maximum absolute atomic E-state index is 13.6. The van der Waals surface area contributed by atoms with Crippen molar-refractivity contribution in [2.75, 3.05) is 13.7 Å². The molecule has 6 atom stereocenters. The van der Waals surface area contributed by atoms with E-state index in [2.05, 4.69) is 10.6 Å². The van der Waals surface area contributed by atoms with Gasteiger partial charge in [0.25, 0.3) is 0 Å². The van der Waals surface area contributed by atoms with Crippen LogP contribution in [0, 0.1) is 17.3 Å². The summed E-state index contributed by atoms with van der Waals surface area (Å²) in [7, 11) is 1.51. The zero-order valence-electron chi connectivity index (χ0n) is 27.2. The van der Waals surface area contributed by atoms with Crippen molar-refractivity contribution < 1.29 is 38.1 Å². The van der Waals surface area contributed by atoms with Crippen LogP contribution < -0.4 is 15.4 Å². The first-order chi connectivity index (χ1) is 22.5. The van der Waals surface area contributed by atoms with E-state index in [1.165, 1.54) is 13.2 Å². The molecule has 47 heavy (non-hydrogen) atoms. The fourth-order valence-electron chi connectivity index (χ4n) is 5.91. The van der Waals surface area contributed by atoms with Gasteiger partial charge in [0, 0.05) is 25.3 Å². The maximum Gasteiger partial charge on any atom is 0.347 e. The van der Waals surface area contributed by atoms with Gasteiger partial charge in [0.2, 0.25) is 11.8 Å². The highest BCUT2D eigenvalue weighted by Crippen LogP contribution is 2.47. The van der Waals surface area contributed by atoms with Crippen LogP contribution in [0.15, 0.2) is 60.7 Å². The topological polar surface area (TPSA) is 133 Å². The molecule has 2 N–H and O–H groups in total. The van der Waals surface area contributed by atoms with Crippen molar-refractivity contribution in [3.8, 4) is 5.75 Å². The zero-order valence-corrected chi connectivity index (χ0v) is 28.0. The predicted molar refractivity (Wildman–Crippen MR) is 175 cm³/mol. The Labute approximate surface area is 280 Å². The number of esters is 2. The number of benzene rings is 2. The molecule has 1 aliphatic carbocycles. The molecule has 1 saturated carbocycles. The summed E-state index contributed by atoms with van der Waals surface area (Å²) >= 11 is 6.32. The van der Waals surface area contributed by atoms with Crippen molar-refractivity contribution in [2.45, 2.75) is 83.3 Å². The third kappa shape index (κ3) is 8.73. The molecule has 11 heteroatoms. The van der Waals surface area contributed by atoms with Crippen molar-refractivity contribution in [1.82, 2.24) is 10.6 Å². The monoisotopic (exact) mass is 666 g/mol. The maximum atomic E-state index is 13.6. The highest BCUT2D eigenvalue weighted by atomic mass is 35.5. The summed E-state index contributed by atoms with van der Waals surface area (Å²) in [5.41, 5.74) is 0.796. The van der Waals surface area contributed by atoms with E-state index in [0.29, 0.717) is 29.2 Å². The molecule has 252 valence electrons. The Hall–Kier alpha value is -3.89. The van der Waals surface area contributed by atoms with Gasteiger partial charge in [0.15, 0.2) is 6.10 Å². The fourth-order valence-corrected chi connectivity index (χ4v) is 6.19. The summed E-state index contributed by atoms with van der Waals surface area (Å²) in [4.78, 5) is 53.7. The van der Waals surface area contributed by atoms with Gasteiger partial charge in [0.05, 0.1) is 23.7 Å². The van der Waals surface area contributed by atoms with Crippen LogP contribution in [0.4, 0.5) is 0 Å². The molecule has 2 fully saturated rings. The number of cyclic esters (lactones) is 2. The van der Waals surface area contributed by atoms with E-state index < -0.39 is 47.4 Å². The van der Waals surface area contributed by atoms with Crippen LogP contribution in [0.3, 0.4) is 0 Å². The summed E-state index contributed by atoms with van der Waals surface area (Å²) in [5, 5.41) is 6.00. The molecule has 2 heterocycles. The van der Waals surface area contributed by atoms with Gasteiger partial charge >= 0.3 is 11.9 Å². The van der Waals surface area contributed by atoms with Crippen LogP contribution in [0.2, 0.25) is 5.02 Å². The summed E-state index contributed by atoms with van der Waals surface area (Å²) in [6.45, 7) is 5.83. The number of halogens is 1. The average molecular weight is 667 g/mol. The van der Waals surface area contributed by atoms with Crippen LogP contribution >= 0.6 is 11.6 Å². The van der Waals surface area contributed by atoms with Gasteiger partial charge in [-0.2, -0.15) is 0 Å². The molecule has 1 saturated heterocycles. The summed E-state index contributed by atoms with van der Waals surface area (Å²) in [6, 6.07) is 14.0. The number of epoxide rings is 1. The summed E-state index contributed by atoms with van der Waals surface area (Å²) in [5.74, 6) is -1.82. The number of nitrogens with one attached hydrogen (secondary N) is 2. The molecule has 2 unspecified atom stereocenters. The second-order valence-corrected chi connectivity index (χ2v) is 13.6. The Morgan fingerprint density at radius 2 is 1.77 bits per heavy atom. The number of methoxy groups -OCH3 is 1. The molecule has 0 bridgehead atoms. The SMILES string of the molecule is COc1ccc(C[C@H]2NC(=O)/C=C/C[C@@H]([C@H](C)C3OC3c3ccccc3)OC(=O)[C@H](CC(C)C)OC(=O)C3(CC3)CNC2=O)cc1Cl. The molecular formula is C36H43ClN2O8. The van der Waals surface area contributed by atoms with Gasteiger partial charge in [-0.3, -0.25) is 14.4 Å². The standard InChI is InChI=1S/C36H43ClN2O8/c1-21(2)17-29-34(42)45-27(22(3)31-32(47-31)24-9-6-5-7-10-24)11-8-12-30(40)39-26(19-23-13-14-28(44-4)25(37)18-23)33(41)38-20-36(15-16-36)35(43)46-29/h5-10,12-14,18,21-22,26-27,29,31-32H,11,15-17,19-20H2,1-4H3,(H,38,41)(H,39,40)/b12-8+/t22-,26+,27-,29-,31?,32?/m0/s1. The number of rotatable bonds is 8. The molecule has 3 aliphatic rings. The molecular weight excluding hydrogens is 624 g/mol. The first kappa shape index (κ1) is 34.4. The van der Waals surface area contributed by atoms with Crippen LogP contribution in [-0.4, -0.2) is 61.8 Å². The van der Waals surface area contributed by atoms with Crippen LogP contribution in [0.5, 0.6) is 5.75 Å². The molecule has 0 radical (unpaired) electrons. The minimum Gasteiger partial charge on any atom is -0.495 e. The third-order valence-corrected chi connectivity index (χ3v) is 9.33. The lowest BCUT2D eigenvalue weighted by Gasteiger charge is -2.27. The molecule has 2 aromatic carbocycles. The van der Waals surface area contributed by atoms with Crippen molar-refractivity contribution in [2.24, 2.45) is 17.3 Å². The molecule has 0 aromatic heterocycles. The fraction of sp³-hybridized carbons (Fsp3) is 0.500. The number of ether oxygens (including phenoxy) is 4. The normalized spacial score (nSPS) is 27.7. The Morgan fingerprint density at radius 3 is 2.43 bits per heavy atom. The third-order valence-electron chi connectivity index (χ3n) is 9.04. The predicted octanol–water partition coefficient (Wildman–Crippen LogP) is 4.88. The van der Waals surface area contributed by atoms with Crippen molar-refractivity contribution in [1.29, 1.82) is 0 Å². The quantitative estimate of drug-likeness (QED) is 0.301. The summed E-state index contributed by atoms with van der Waals surface area (Å²) in [6.07, 6.45) is 2.51. The Balaban J connectivity index is 1.39. The van der Waals surface area contributed by atoms with Gasteiger partial charge in [-0.1, -0.05) is 74.8 Å². The lowest BCUT2D eigenvalue weighted by Crippen LogP contribution is -2.49. The van der Waals surface area contributed by atoms with E-state index >= 15 is 0 Å². The average Bonchev–Trinajstić information content (AvgIpc) is 3.98. The lowest BCUT2D eigenvalue weighted by atomic mass is 9.93. The number of amides is 2. The number of carbonyl (C=O) groups excluding carboxylic acids is 4. The second-order valence-electron chi connectivity index (χ2n) is 13.2. The highest BCUT2D eigenvalue weighted by Gasteiger charge is 2.53. The Morgan fingerprint density at radius 1 is 1.02 bits per heavy atom. The van der Waals surface area contributed by atoms with E-state index in [0.717, 1.165) is 5.56 Å². The minimum atomic E-state index is -1.11. The Kier molecular flexibility index (Phi) is 10.9. The highest BCUT2D eigenvalue weighted by molar-refractivity contribution is 6.32.